The van der Waals surface area contributed by atoms with Crippen molar-refractivity contribution in [2.45, 2.75) is 32.9 Å². The maximum absolute atomic E-state index is 4.60. The second-order valence-electron chi connectivity index (χ2n) is 5.56. The van der Waals surface area contributed by atoms with Crippen LogP contribution in [0, 0.1) is 6.92 Å². The zero-order chi connectivity index (χ0) is 14.7. The van der Waals surface area contributed by atoms with E-state index in [2.05, 4.69) is 65.2 Å². The highest BCUT2D eigenvalue weighted by Gasteiger charge is 2.07. The van der Waals surface area contributed by atoms with Gasteiger partial charge in [0, 0.05) is 23.7 Å². The van der Waals surface area contributed by atoms with Gasteiger partial charge < -0.3 is 5.32 Å². The fourth-order valence-corrected chi connectivity index (χ4v) is 3.34. The van der Waals surface area contributed by atoms with Crippen molar-refractivity contribution in [3.8, 4) is 0 Å². The standard InChI is InChI=1S/C18H20N2S/c1-13(9-15-7-8-21-12-15)19-11-16-10-14(2)20-18-6-4-3-5-17(16)18/h3-8,10,12-13,19H,9,11H2,1-2H3. The first-order valence-electron chi connectivity index (χ1n) is 7.32. The molecule has 2 heterocycles. The van der Waals surface area contributed by atoms with Gasteiger partial charge in [0.1, 0.15) is 0 Å². The number of nitrogens with one attached hydrogen (secondary N) is 1. The molecule has 0 spiro atoms. The topological polar surface area (TPSA) is 24.9 Å². The van der Waals surface area contributed by atoms with Gasteiger partial charge in [-0.15, -0.1) is 0 Å². The maximum Gasteiger partial charge on any atom is 0.0708 e. The molecule has 1 N–H and O–H groups in total. The summed E-state index contributed by atoms with van der Waals surface area (Å²) in [5.41, 5.74) is 4.90. The summed E-state index contributed by atoms with van der Waals surface area (Å²) in [7, 11) is 0. The zero-order valence-electron chi connectivity index (χ0n) is 12.5. The first-order valence-corrected chi connectivity index (χ1v) is 8.26. The molecule has 21 heavy (non-hydrogen) atoms. The first kappa shape index (κ1) is 14.2. The van der Waals surface area contributed by atoms with E-state index in [1.165, 1.54) is 16.5 Å². The Morgan fingerprint density at radius 1 is 1.24 bits per heavy atom. The Hall–Kier alpha value is -1.71. The molecular formula is C18H20N2S. The van der Waals surface area contributed by atoms with E-state index in [4.69, 9.17) is 0 Å². The lowest BCUT2D eigenvalue weighted by molar-refractivity contribution is 0.547. The van der Waals surface area contributed by atoms with Gasteiger partial charge in [0.2, 0.25) is 0 Å². The van der Waals surface area contributed by atoms with Gasteiger partial charge >= 0.3 is 0 Å². The summed E-state index contributed by atoms with van der Waals surface area (Å²) in [5.74, 6) is 0. The molecule has 2 aromatic heterocycles. The van der Waals surface area contributed by atoms with E-state index in [9.17, 15) is 0 Å². The van der Waals surface area contributed by atoms with Crippen molar-refractivity contribution >= 4 is 22.2 Å². The Bertz CT molecular complexity index is 719. The largest absolute Gasteiger partial charge is 0.310 e. The van der Waals surface area contributed by atoms with Crippen LogP contribution in [-0.4, -0.2) is 11.0 Å². The van der Waals surface area contributed by atoms with Crippen LogP contribution >= 0.6 is 11.3 Å². The van der Waals surface area contributed by atoms with E-state index < -0.39 is 0 Å². The number of hydrogen-bond donors (Lipinski definition) is 1. The van der Waals surface area contributed by atoms with Crippen LogP contribution in [0.25, 0.3) is 10.9 Å². The summed E-state index contributed by atoms with van der Waals surface area (Å²) in [4.78, 5) is 4.60. The highest BCUT2D eigenvalue weighted by Crippen LogP contribution is 2.18. The van der Waals surface area contributed by atoms with E-state index in [0.29, 0.717) is 6.04 Å². The molecule has 0 amide bonds. The molecule has 0 bridgehead atoms. The van der Waals surface area contributed by atoms with Crippen molar-refractivity contribution in [2.75, 3.05) is 0 Å². The molecule has 108 valence electrons. The van der Waals surface area contributed by atoms with Crippen LogP contribution in [0.15, 0.2) is 47.2 Å². The summed E-state index contributed by atoms with van der Waals surface area (Å²) in [5, 5.41) is 9.25. The molecule has 0 saturated heterocycles. The van der Waals surface area contributed by atoms with Gasteiger partial charge in [-0.25, -0.2) is 0 Å². The minimum absolute atomic E-state index is 0.465. The smallest absolute Gasteiger partial charge is 0.0708 e. The number of nitrogens with zero attached hydrogens (tertiary/aromatic N) is 1. The van der Waals surface area contributed by atoms with Crippen molar-refractivity contribution in [3.05, 3.63) is 64.0 Å². The van der Waals surface area contributed by atoms with Gasteiger partial charge in [-0.05, 0) is 60.4 Å². The van der Waals surface area contributed by atoms with Crippen LogP contribution in [0.5, 0.6) is 0 Å². The average Bonchev–Trinajstić information content (AvgIpc) is 2.97. The van der Waals surface area contributed by atoms with Gasteiger partial charge in [0.15, 0.2) is 0 Å². The molecule has 3 heteroatoms. The molecule has 0 aliphatic carbocycles. The van der Waals surface area contributed by atoms with Crippen molar-refractivity contribution in [2.24, 2.45) is 0 Å². The SMILES string of the molecule is Cc1cc(CNC(C)Cc2ccsc2)c2ccccc2n1. The molecule has 1 unspecified atom stereocenters. The number of hydrogen-bond acceptors (Lipinski definition) is 3. The zero-order valence-corrected chi connectivity index (χ0v) is 13.3. The number of benzene rings is 1. The Balaban J connectivity index is 1.73. The van der Waals surface area contributed by atoms with Gasteiger partial charge in [0.05, 0.1) is 5.52 Å². The number of pyridine rings is 1. The molecular weight excluding hydrogens is 276 g/mol. The van der Waals surface area contributed by atoms with Crippen molar-refractivity contribution in [1.29, 1.82) is 0 Å². The molecule has 3 aromatic rings. The summed E-state index contributed by atoms with van der Waals surface area (Å²) < 4.78 is 0. The lowest BCUT2D eigenvalue weighted by atomic mass is 10.1. The van der Waals surface area contributed by atoms with Gasteiger partial charge in [-0.3, -0.25) is 4.98 Å². The summed E-state index contributed by atoms with van der Waals surface area (Å²) >= 11 is 1.76. The van der Waals surface area contributed by atoms with Gasteiger partial charge in [-0.1, -0.05) is 18.2 Å². The summed E-state index contributed by atoms with van der Waals surface area (Å²) in [6.45, 7) is 5.19. The molecule has 0 aliphatic heterocycles. The highest BCUT2D eigenvalue weighted by atomic mass is 32.1. The number of aromatic nitrogens is 1. The van der Waals surface area contributed by atoms with Crippen LogP contribution < -0.4 is 5.32 Å². The lowest BCUT2D eigenvalue weighted by Crippen LogP contribution is -2.27. The predicted molar refractivity (Wildman–Crippen MR) is 90.8 cm³/mol. The fourth-order valence-electron chi connectivity index (χ4n) is 2.66. The minimum Gasteiger partial charge on any atom is -0.310 e. The molecule has 0 radical (unpaired) electrons. The Kier molecular flexibility index (Phi) is 4.32. The van der Waals surface area contributed by atoms with Crippen LogP contribution in [0.2, 0.25) is 0 Å². The molecule has 0 fully saturated rings. The molecule has 0 saturated carbocycles. The molecule has 0 aliphatic rings. The molecule has 2 nitrogen and oxygen atoms in total. The van der Waals surface area contributed by atoms with Crippen LogP contribution in [0.4, 0.5) is 0 Å². The lowest BCUT2D eigenvalue weighted by Gasteiger charge is -2.15. The quantitative estimate of drug-likeness (QED) is 0.758. The average molecular weight is 296 g/mol. The third-order valence-corrected chi connectivity index (χ3v) is 4.42. The van der Waals surface area contributed by atoms with E-state index >= 15 is 0 Å². The summed E-state index contributed by atoms with van der Waals surface area (Å²) in [6.07, 6.45) is 1.07. The van der Waals surface area contributed by atoms with E-state index in [1.54, 1.807) is 11.3 Å². The number of rotatable bonds is 5. The third kappa shape index (κ3) is 3.49. The number of aryl methyl sites for hydroxylation is 1. The monoisotopic (exact) mass is 296 g/mol. The number of thiophene rings is 1. The second-order valence-corrected chi connectivity index (χ2v) is 6.34. The summed E-state index contributed by atoms with van der Waals surface area (Å²) in [6, 6.07) is 13.2. The van der Waals surface area contributed by atoms with Crippen molar-refractivity contribution in [3.63, 3.8) is 0 Å². The third-order valence-electron chi connectivity index (χ3n) is 3.69. The predicted octanol–water partition coefficient (Wildman–Crippen LogP) is 4.33. The highest BCUT2D eigenvalue weighted by molar-refractivity contribution is 7.07. The fraction of sp³-hybridized carbons (Fsp3) is 0.278. The Labute approximate surface area is 129 Å². The van der Waals surface area contributed by atoms with E-state index in [0.717, 1.165) is 24.2 Å². The molecule has 3 rings (SSSR count). The maximum atomic E-state index is 4.60. The molecule has 1 atom stereocenters. The second kappa shape index (κ2) is 6.37. The molecule has 1 aromatic carbocycles. The minimum atomic E-state index is 0.465. The normalized spacial score (nSPS) is 12.7. The van der Waals surface area contributed by atoms with E-state index in [-0.39, 0.29) is 0 Å². The van der Waals surface area contributed by atoms with Crippen LogP contribution in [0.1, 0.15) is 23.7 Å². The Morgan fingerprint density at radius 3 is 2.90 bits per heavy atom. The van der Waals surface area contributed by atoms with Crippen LogP contribution in [-0.2, 0) is 13.0 Å². The van der Waals surface area contributed by atoms with Crippen LogP contribution in [0.3, 0.4) is 0 Å². The van der Waals surface area contributed by atoms with Crippen molar-refractivity contribution < 1.29 is 0 Å². The Morgan fingerprint density at radius 2 is 2.10 bits per heavy atom. The van der Waals surface area contributed by atoms with E-state index in [1.807, 2.05) is 6.07 Å². The first-order chi connectivity index (χ1) is 10.2. The number of fused-ring (bicyclic) bond motifs is 1. The van der Waals surface area contributed by atoms with Gasteiger partial charge in [-0.2, -0.15) is 11.3 Å². The number of para-hydroxylation sites is 1. The van der Waals surface area contributed by atoms with Gasteiger partial charge in [0.25, 0.3) is 0 Å². The van der Waals surface area contributed by atoms with Crippen molar-refractivity contribution in [1.82, 2.24) is 10.3 Å².